The monoisotopic (exact) mass is 395 g/mol. The van der Waals surface area contributed by atoms with Gasteiger partial charge < -0.3 is 19.8 Å². The Morgan fingerprint density at radius 2 is 1.76 bits per heavy atom. The van der Waals surface area contributed by atoms with Crippen molar-refractivity contribution in [2.45, 2.75) is 25.8 Å². The molecule has 2 N–H and O–H groups in total. The molecule has 152 valence electrons. The molecule has 1 aliphatic rings. The Labute approximate surface area is 170 Å². The standard InChI is InChI=1S/C23H25NO5/c1-2-15-29-18-11-9-17(10-12-18)21(26)19-20(16-7-4-3-5-8-16)24(13-6-14-25)23(28)22(19)27/h3-5,7-12,20,25-26H,2,6,13-15H2,1H3. The van der Waals surface area contributed by atoms with Gasteiger partial charge in [0.25, 0.3) is 11.7 Å². The van der Waals surface area contributed by atoms with Gasteiger partial charge in [0, 0.05) is 18.7 Å². The van der Waals surface area contributed by atoms with Crippen LogP contribution in [0.5, 0.6) is 5.75 Å². The molecule has 29 heavy (non-hydrogen) atoms. The van der Waals surface area contributed by atoms with Crippen LogP contribution in [0.2, 0.25) is 0 Å². The number of nitrogens with zero attached hydrogens (tertiary/aromatic N) is 1. The molecule has 1 unspecified atom stereocenters. The normalized spacial score (nSPS) is 18.3. The minimum absolute atomic E-state index is 0.0568. The molecular formula is C23H25NO5. The SMILES string of the molecule is CCCOc1ccc(C(O)=C2C(=O)C(=O)N(CCCO)C2c2ccccc2)cc1. The highest BCUT2D eigenvalue weighted by Gasteiger charge is 2.45. The summed E-state index contributed by atoms with van der Waals surface area (Å²) in [4.78, 5) is 26.8. The van der Waals surface area contributed by atoms with Gasteiger partial charge in [-0.05, 0) is 42.7 Å². The van der Waals surface area contributed by atoms with Gasteiger partial charge in [0.1, 0.15) is 11.5 Å². The maximum absolute atomic E-state index is 12.8. The molecule has 0 spiro atoms. The van der Waals surface area contributed by atoms with Crippen molar-refractivity contribution in [2.75, 3.05) is 19.8 Å². The van der Waals surface area contributed by atoms with Gasteiger partial charge in [0.15, 0.2) is 0 Å². The third-order valence-electron chi connectivity index (χ3n) is 4.81. The lowest BCUT2D eigenvalue weighted by atomic mass is 9.95. The van der Waals surface area contributed by atoms with Crippen LogP contribution < -0.4 is 4.74 Å². The maximum Gasteiger partial charge on any atom is 0.295 e. The molecule has 0 aliphatic carbocycles. The molecule has 3 rings (SSSR count). The first-order valence-electron chi connectivity index (χ1n) is 9.76. The average Bonchev–Trinajstić information content (AvgIpc) is 3.01. The summed E-state index contributed by atoms with van der Waals surface area (Å²) in [5, 5.41) is 20.1. The zero-order valence-electron chi connectivity index (χ0n) is 16.4. The Bertz CT molecular complexity index is 889. The summed E-state index contributed by atoms with van der Waals surface area (Å²) in [6.45, 7) is 2.74. The van der Waals surface area contributed by atoms with Gasteiger partial charge in [-0.3, -0.25) is 9.59 Å². The lowest BCUT2D eigenvalue weighted by molar-refractivity contribution is -0.140. The number of carbonyl (C=O) groups is 2. The van der Waals surface area contributed by atoms with Crippen LogP contribution in [0, 0.1) is 0 Å². The molecule has 1 fully saturated rings. The highest BCUT2D eigenvalue weighted by Crippen LogP contribution is 2.39. The summed E-state index contributed by atoms with van der Waals surface area (Å²) < 4.78 is 5.55. The van der Waals surface area contributed by atoms with Crippen LogP contribution in [0.3, 0.4) is 0 Å². The van der Waals surface area contributed by atoms with Crippen LogP contribution in [0.1, 0.15) is 36.9 Å². The Balaban J connectivity index is 2.03. The lowest BCUT2D eigenvalue weighted by Gasteiger charge is -2.25. The average molecular weight is 395 g/mol. The highest BCUT2D eigenvalue weighted by atomic mass is 16.5. The lowest BCUT2D eigenvalue weighted by Crippen LogP contribution is -2.31. The molecule has 0 radical (unpaired) electrons. The summed E-state index contributed by atoms with van der Waals surface area (Å²) >= 11 is 0. The van der Waals surface area contributed by atoms with Crippen molar-refractivity contribution < 1.29 is 24.5 Å². The summed E-state index contributed by atoms with van der Waals surface area (Å²) in [5.74, 6) is -0.936. The van der Waals surface area contributed by atoms with E-state index in [-0.39, 0.29) is 24.5 Å². The van der Waals surface area contributed by atoms with Crippen molar-refractivity contribution in [1.29, 1.82) is 0 Å². The quantitative estimate of drug-likeness (QED) is 0.407. The van der Waals surface area contributed by atoms with E-state index in [0.717, 1.165) is 12.0 Å². The molecule has 1 aliphatic heterocycles. The summed E-state index contributed by atoms with van der Waals surface area (Å²) in [6.07, 6.45) is 1.23. The first-order chi connectivity index (χ1) is 14.1. The van der Waals surface area contributed by atoms with Crippen molar-refractivity contribution in [3.8, 4) is 5.75 Å². The zero-order chi connectivity index (χ0) is 20.8. The van der Waals surface area contributed by atoms with Crippen molar-refractivity contribution in [2.24, 2.45) is 0 Å². The van der Waals surface area contributed by atoms with E-state index in [1.807, 2.05) is 37.3 Å². The first kappa shape index (κ1) is 20.6. The molecule has 6 heteroatoms. The fourth-order valence-corrected chi connectivity index (χ4v) is 3.42. The number of likely N-dealkylation sites (tertiary alicyclic amines) is 1. The molecule has 1 atom stereocenters. The largest absolute Gasteiger partial charge is 0.507 e. The number of ketones is 1. The third-order valence-corrected chi connectivity index (χ3v) is 4.81. The minimum Gasteiger partial charge on any atom is -0.507 e. The number of aliphatic hydroxyl groups is 2. The Kier molecular flexibility index (Phi) is 6.67. The van der Waals surface area contributed by atoms with Crippen LogP contribution in [-0.2, 0) is 9.59 Å². The number of aliphatic hydroxyl groups excluding tert-OH is 2. The van der Waals surface area contributed by atoms with Crippen molar-refractivity contribution in [3.63, 3.8) is 0 Å². The van der Waals surface area contributed by atoms with Gasteiger partial charge in [-0.2, -0.15) is 0 Å². The van der Waals surface area contributed by atoms with Crippen molar-refractivity contribution in [3.05, 3.63) is 71.3 Å². The molecule has 1 heterocycles. The summed E-state index contributed by atoms with van der Waals surface area (Å²) in [6, 6.07) is 15.2. The van der Waals surface area contributed by atoms with Gasteiger partial charge in [-0.1, -0.05) is 37.3 Å². The predicted octanol–water partition coefficient (Wildman–Crippen LogP) is 3.28. The van der Waals surface area contributed by atoms with Gasteiger partial charge in [0.05, 0.1) is 18.2 Å². The van der Waals surface area contributed by atoms with Gasteiger partial charge >= 0.3 is 0 Å². The Hall–Kier alpha value is -3.12. The van der Waals surface area contributed by atoms with Crippen LogP contribution in [0.25, 0.3) is 5.76 Å². The fraction of sp³-hybridized carbons (Fsp3) is 0.304. The van der Waals surface area contributed by atoms with Gasteiger partial charge in [0.2, 0.25) is 0 Å². The number of carbonyl (C=O) groups excluding carboxylic acids is 2. The van der Waals surface area contributed by atoms with E-state index in [9.17, 15) is 19.8 Å². The molecule has 1 amide bonds. The molecule has 0 aromatic heterocycles. The molecule has 2 aromatic carbocycles. The molecule has 6 nitrogen and oxygen atoms in total. The summed E-state index contributed by atoms with van der Waals surface area (Å²) in [7, 11) is 0. The van der Waals surface area contributed by atoms with Crippen molar-refractivity contribution in [1.82, 2.24) is 4.90 Å². The molecule has 1 saturated heterocycles. The van der Waals surface area contributed by atoms with Gasteiger partial charge in [-0.15, -0.1) is 0 Å². The second-order valence-corrected chi connectivity index (χ2v) is 6.85. The number of hydrogen-bond donors (Lipinski definition) is 2. The van der Waals surface area contributed by atoms with Crippen LogP contribution in [0.4, 0.5) is 0 Å². The number of hydrogen-bond acceptors (Lipinski definition) is 5. The van der Waals surface area contributed by atoms with Crippen molar-refractivity contribution >= 4 is 17.4 Å². The van der Waals surface area contributed by atoms with E-state index in [1.165, 1.54) is 4.90 Å². The Morgan fingerprint density at radius 3 is 2.38 bits per heavy atom. The number of Topliss-reactive ketones (excluding diaryl/α,β-unsaturated/α-hetero) is 1. The van der Waals surface area contributed by atoms with Crippen LogP contribution in [-0.4, -0.2) is 46.6 Å². The highest BCUT2D eigenvalue weighted by molar-refractivity contribution is 6.46. The number of benzene rings is 2. The summed E-state index contributed by atoms with van der Waals surface area (Å²) in [5.41, 5.74) is 1.23. The van der Waals surface area contributed by atoms with Gasteiger partial charge in [-0.25, -0.2) is 0 Å². The first-order valence-corrected chi connectivity index (χ1v) is 9.76. The Morgan fingerprint density at radius 1 is 1.07 bits per heavy atom. The minimum atomic E-state index is -0.722. The molecule has 2 aromatic rings. The van der Waals surface area contributed by atoms with Crippen LogP contribution in [0.15, 0.2) is 60.2 Å². The van der Waals surface area contributed by atoms with E-state index in [2.05, 4.69) is 0 Å². The molecule has 0 bridgehead atoms. The third kappa shape index (κ3) is 4.32. The maximum atomic E-state index is 12.8. The van der Waals surface area contributed by atoms with E-state index >= 15 is 0 Å². The second kappa shape index (κ2) is 9.39. The number of ether oxygens (including phenoxy) is 1. The van der Waals surface area contributed by atoms with E-state index < -0.39 is 17.7 Å². The zero-order valence-corrected chi connectivity index (χ0v) is 16.4. The number of rotatable bonds is 8. The molecular weight excluding hydrogens is 370 g/mol. The fourth-order valence-electron chi connectivity index (χ4n) is 3.42. The predicted molar refractivity (Wildman–Crippen MR) is 109 cm³/mol. The topological polar surface area (TPSA) is 87.1 Å². The smallest absolute Gasteiger partial charge is 0.295 e. The van der Waals surface area contributed by atoms with Crippen LogP contribution >= 0.6 is 0 Å². The number of amides is 1. The molecule has 0 saturated carbocycles. The van der Waals surface area contributed by atoms with E-state index in [4.69, 9.17) is 4.74 Å². The van der Waals surface area contributed by atoms with E-state index in [0.29, 0.717) is 24.3 Å². The van der Waals surface area contributed by atoms with E-state index in [1.54, 1.807) is 24.3 Å². The second-order valence-electron chi connectivity index (χ2n) is 6.85.